The van der Waals surface area contributed by atoms with Crippen molar-refractivity contribution in [3.05, 3.63) is 24.3 Å². The summed E-state index contributed by atoms with van der Waals surface area (Å²) in [5.74, 6) is -5.11. The average Bonchev–Trinajstić information content (AvgIpc) is 2.77. The van der Waals surface area contributed by atoms with Gasteiger partial charge < -0.3 is 24.4 Å². The van der Waals surface area contributed by atoms with Gasteiger partial charge in [-0.1, -0.05) is 93.5 Å². The number of carbonyl (C=O) groups excluding carboxylic acids is 2. The van der Waals surface area contributed by atoms with Crippen LogP contribution in [0.2, 0.25) is 0 Å². The molecule has 0 aliphatic heterocycles. The van der Waals surface area contributed by atoms with Crippen molar-refractivity contribution in [2.45, 2.75) is 121 Å². The number of carboxylic acid groups (broad SMARTS) is 2. The fraction of sp³-hybridized carbons (Fsp3) is 0.778. The molecule has 0 aromatic heterocycles. The first-order valence-corrected chi connectivity index (χ1v) is 16.0. The maximum atomic E-state index is 12.7. The summed E-state index contributed by atoms with van der Waals surface area (Å²) in [5.41, 5.74) is 1.77. The molecule has 0 rings (SSSR count). The van der Waals surface area contributed by atoms with Gasteiger partial charge in [0.25, 0.3) is 0 Å². The molecule has 260 valence electrons. The molecule has 0 aliphatic rings. The van der Waals surface area contributed by atoms with Crippen molar-refractivity contribution in [2.24, 2.45) is 33.5 Å². The number of hydrogen-bond acceptors (Lipinski definition) is 7. The zero-order valence-corrected chi connectivity index (χ0v) is 29.8. The van der Waals surface area contributed by atoms with Crippen molar-refractivity contribution in [2.75, 3.05) is 26.4 Å². The van der Waals surface area contributed by atoms with Crippen molar-refractivity contribution in [1.29, 1.82) is 0 Å². The minimum atomic E-state index is -1.09. The van der Waals surface area contributed by atoms with E-state index in [2.05, 4.69) is 82.4 Å². The molecule has 0 radical (unpaired) electrons. The summed E-state index contributed by atoms with van der Waals surface area (Å²) in [6.07, 6.45) is 2.99. The lowest BCUT2D eigenvalue weighted by molar-refractivity contribution is -0.156. The van der Waals surface area contributed by atoms with Gasteiger partial charge in [-0.25, -0.2) is 0 Å². The van der Waals surface area contributed by atoms with Crippen molar-refractivity contribution in [1.82, 2.24) is 0 Å². The lowest BCUT2D eigenvalue weighted by atomic mass is 9.72. The van der Waals surface area contributed by atoms with Crippen LogP contribution in [-0.2, 0) is 33.4 Å². The van der Waals surface area contributed by atoms with Gasteiger partial charge in [-0.05, 0) is 60.2 Å². The molecule has 2 unspecified atom stereocenters. The van der Waals surface area contributed by atoms with Crippen molar-refractivity contribution in [3.8, 4) is 0 Å². The number of rotatable bonds is 22. The van der Waals surface area contributed by atoms with E-state index in [0.29, 0.717) is 12.8 Å². The molecule has 0 saturated heterocycles. The fourth-order valence-corrected chi connectivity index (χ4v) is 6.83. The lowest BCUT2D eigenvalue weighted by Gasteiger charge is -2.33. The Morgan fingerprint density at radius 3 is 1.13 bits per heavy atom. The fourth-order valence-electron chi connectivity index (χ4n) is 6.83. The first-order valence-electron chi connectivity index (χ1n) is 16.0. The van der Waals surface area contributed by atoms with E-state index in [1.165, 1.54) is 0 Å². The lowest BCUT2D eigenvalue weighted by Crippen LogP contribution is -2.26. The van der Waals surface area contributed by atoms with Gasteiger partial charge in [-0.2, -0.15) is 0 Å². The molecule has 0 aromatic rings. The van der Waals surface area contributed by atoms with E-state index in [1.807, 2.05) is 0 Å². The Morgan fingerprint density at radius 2 is 0.867 bits per heavy atom. The number of esters is 2. The Bertz CT molecular complexity index is 929. The van der Waals surface area contributed by atoms with Crippen LogP contribution < -0.4 is 0 Å². The van der Waals surface area contributed by atoms with E-state index in [0.717, 1.165) is 24.0 Å². The topological polar surface area (TPSA) is 136 Å². The van der Waals surface area contributed by atoms with E-state index in [4.69, 9.17) is 14.2 Å². The van der Waals surface area contributed by atoms with Gasteiger partial charge in [0.15, 0.2) is 0 Å². The standard InChI is InChI=1S/C36H62O9/c1-25(21-35(9,10)23-33(3,4)5)17-27(19-29(37)38)31(41)44-15-13-43-14-16-45-32(42)28(20-30(39)40)18-26(2)22-36(11,12)24-34(6,7)8/h27-28H,1-2,13-24H2,3-12H3,(H,37,38)(H,39,40). The van der Waals surface area contributed by atoms with Gasteiger partial charge in [0, 0.05) is 0 Å². The number of ether oxygens (including phenoxy) is 3. The number of carbonyl (C=O) groups is 4. The van der Waals surface area contributed by atoms with E-state index < -0.39 is 35.7 Å². The summed E-state index contributed by atoms with van der Waals surface area (Å²) in [4.78, 5) is 48.2. The number of allylic oxidation sites excluding steroid dienone is 2. The molecule has 0 aromatic carbocycles. The molecule has 45 heavy (non-hydrogen) atoms. The Labute approximate surface area is 272 Å². The highest BCUT2D eigenvalue weighted by Gasteiger charge is 2.31. The van der Waals surface area contributed by atoms with Crippen LogP contribution in [0.25, 0.3) is 0 Å². The van der Waals surface area contributed by atoms with Gasteiger partial charge in [-0.3, -0.25) is 19.2 Å². The second-order valence-corrected chi connectivity index (χ2v) is 16.6. The molecule has 9 nitrogen and oxygen atoms in total. The zero-order valence-electron chi connectivity index (χ0n) is 29.8. The van der Waals surface area contributed by atoms with Gasteiger partial charge in [0.1, 0.15) is 13.2 Å². The summed E-state index contributed by atoms with van der Waals surface area (Å²) >= 11 is 0. The highest BCUT2D eigenvalue weighted by molar-refractivity contribution is 5.80. The van der Waals surface area contributed by atoms with Crippen molar-refractivity contribution in [3.63, 3.8) is 0 Å². The SMILES string of the molecule is C=C(CC(CC(=O)O)C(=O)OCCOCCOC(=O)C(CC(=C)CC(C)(C)CC(C)(C)C)CC(=O)O)CC(C)(C)CC(C)(C)C. The number of hydrogen-bond donors (Lipinski definition) is 2. The first-order chi connectivity index (χ1) is 20.3. The minimum absolute atomic E-state index is 0.0286. The van der Waals surface area contributed by atoms with E-state index in [-0.39, 0.29) is 73.8 Å². The van der Waals surface area contributed by atoms with Gasteiger partial charge in [-0.15, -0.1) is 0 Å². The quantitative estimate of drug-likeness (QED) is 0.0689. The molecule has 9 heteroatoms. The van der Waals surface area contributed by atoms with Crippen molar-refractivity contribution >= 4 is 23.9 Å². The molecule has 0 amide bonds. The molecular formula is C36H62O9. The van der Waals surface area contributed by atoms with E-state index in [9.17, 15) is 29.4 Å². The summed E-state index contributed by atoms with van der Waals surface area (Å²) in [6.45, 7) is 29.7. The maximum Gasteiger partial charge on any atom is 0.309 e. The number of aliphatic carboxylic acids is 2. The Balaban J connectivity index is 4.74. The average molecular weight is 639 g/mol. The monoisotopic (exact) mass is 638 g/mol. The molecule has 0 saturated carbocycles. The second kappa shape index (κ2) is 18.5. The van der Waals surface area contributed by atoms with Crippen LogP contribution >= 0.6 is 0 Å². The third-order valence-electron chi connectivity index (χ3n) is 7.00. The Morgan fingerprint density at radius 1 is 0.556 bits per heavy atom. The third-order valence-corrected chi connectivity index (χ3v) is 7.00. The van der Waals surface area contributed by atoms with E-state index in [1.54, 1.807) is 0 Å². The third kappa shape index (κ3) is 22.5. The molecule has 0 spiro atoms. The maximum absolute atomic E-state index is 12.7. The zero-order chi connectivity index (χ0) is 35.2. The molecule has 2 N–H and O–H groups in total. The molecule has 0 fully saturated rings. The van der Waals surface area contributed by atoms with Crippen LogP contribution in [0, 0.1) is 33.5 Å². The van der Waals surface area contributed by atoms with Crippen LogP contribution in [0.15, 0.2) is 24.3 Å². The Kier molecular flexibility index (Phi) is 17.4. The summed E-state index contributed by atoms with van der Waals surface area (Å²) in [6, 6.07) is 0. The van der Waals surface area contributed by atoms with Crippen LogP contribution in [0.1, 0.15) is 121 Å². The summed E-state index contributed by atoms with van der Waals surface area (Å²) in [7, 11) is 0. The first kappa shape index (κ1) is 42.3. The highest BCUT2D eigenvalue weighted by atomic mass is 16.6. The largest absolute Gasteiger partial charge is 0.481 e. The van der Waals surface area contributed by atoms with Gasteiger partial charge in [0.05, 0.1) is 37.9 Å². The van der Waals surface area contributed by atoms with E-state index >= 15 is 0 Å². The highest BCUT2D eigenvalue weighted by Crippen LogP contribution is 2.40. The van der Waals surface area contributed by atoms with Crippen LogP contribution in [0.3, 0.4) is 0 Å². The van der Waals surface area contributed by atoms with Crippen LogP contribution in [0.5, 0.6) is 0 Å². The number of carboxylic acids is 2. The smallest absolute Gasteiger partial charge is 0.309 e. The predicted octanol–water partition coefficient (Wildman–Crippen LogP) is 7.87. The molecule has 2 atom stereocenters. The normalized spacial score (nSPS) is 13.9. The molecule has 0 aliphatic carbocycles. The Hall–Kier alpha value is -2.68. The van der Waals surface area contributed by atoms with Gasteiger partial charge >= 0.3 is 23.9 Å². The predicted molar refractivity (Wildman–Crippen MR) is 177 cm³/mol. The molecule has 0 heterocycles. The summed E-state index contributed by atoms with van der Waals surface area (Å²) in [5, 5.41) is 18.7. The second-order valence-electron chi connectivity index (χ2n) is 16.6. The van der Waals surface area contributed by atoms with Crippen LogP contribution in [-0.4, -0.2) is 60.5 Å². The minimum Gasteiger partial charge on any atom is -0.481 e. The molecular weight excluding hydrogens is 576 g/mol. The van der Waals surface area contributed by atoms with Crippen LogP contribution in [0.4, 0.5) is 0 Å². The van der Waals surface area contributed by atoms with Crippen molar-refractivity contribution < 1.29 is 43.6 Å². The van der Waals surface area contributed by atoms with Gasteiger partial charge in [0.2, 0.25) is 0 Å². The summed E-state index contributed by atoms with van der Waals surface area (Å²) < 4.78 is 16.0. The molecule has 0 bridgehead atoms.